The summed E-state index contributed by atoms with van der Waals surface area (Å²) in [5, 5.41) is 3.51. The molecule has 128 valence electrons. The average molecular weight is 344 g/mol. The molecule has 1 fully saturated rings. The lowest BCUT2D eigenvalue weighted by Crippen LogP contribution is -2.32. The Morgan fingerprint density at radius 2 is 2.04 bits per heavy atom. The van der Waals surface area contributed by atoms with E-state index in [-0.39, 0.29) is 0 Å². The summed E-state index contributed by atoms with van der Waals surface area (Å²) >= 11 is 1.94. The summed E-state index contributed by atoms with van der Waals surface area (Å²) in [6, 6.07) is 11.3. The third-order valence-electron chi connectivity index (χ3n) is 4.75. The van der Waals surface area contributed by atoms with E-state index in [1.165, 1.54) is 21.7 Å². The number of nitrogens with one attached hydrogen (secondary N) is 1. The molecule has 0 radical (unpaired) electrons. The fraction of sp³-hybridized carbons (Fsp3) is 0.474. The first-order valence-electron chi connectivity index (χ1n) is 8.78. The van der Waals surface area contributed by atoms with Gasteiger partial charge in [-0.05, 0) is 49.2 Å². The molecule has 1 saturated heterocycles. The first kappa shape index (κ1) is 15.9. The molecule has 0 saturated carbocycles. The van der Waals surface area contributed by atoms with E-state index >= 15 is 0 Å². The van der Waals surface area contributed by atoms with Crippen LogP contribution in [0.2, 0.25) is 0 Å². The van der Waals surface area contributed by atoms with Gasteiger partial charge in [-0.1, -0.05) is 13.0 Å². The quantitative estimate of drug-likeness (QED) is 0.921. The molecule has 2 aliphatic heterocycles. The second kappa shape index (κ2) is 7.13. The number of thiophene rings is 1. The van der Waals surface area contributed by atoms with Crippen LogP contribution in [-0.4, -0.2) is 37.9 Å². The highest BCUT2D eigenvalue weighted by Crippen LogP contribution is 2.39. The van der Waals surface area contributed by atoms with E-state index in [1.54, 1.807) is 0 Å². The van der Waals surface area contributed by atoms with E-state index in [2.05, 4.69) is 47.5 Å². The molecule has 3 heterocycles. The Morgan fingerprint density at radius 3 is 2.92 bits per heavy atom. The summed E-state index contributed by atoms with van der Waals surface area (Å²) in [6.45, 7) is 6.89. The van der Waals surface area contributed by atoms with Crippen molar-refractivity contribution >= 4 is 11.3 Å². The third kappa shape index (κ3) is 3.16. The molecule has 0 aliphatic carbocycles. The van der Waals surface area contributed by atoms with Crippen molar-refractivity contribution in [1.82, 2.24) is 10.2 Å². The van der Waals surface area contributed by atoms with Crippen LogP contribution < -0.4 is 14.8 Å². The minimum Gasteiger partial charge on any atom is -0.454 e. The summed E-state index contributed by atoms with van der Waals surface area (Å²) < 4.78 is 11.1. The zero-order valence-electron chi connectivity index (χ0n) is 14.1. The lowest BCUT2D eigenvalue weighted by Gasteiger charge is -2.30. The molecular weight excluding hydrogens is 320 g/mol. The predicted molar refractivity (Wildman–Crippen MR) is 97.2 cm³/mol. The molecule has 1 aromatic heterocycles. The Morgan fingerprint density at radius 1 is 1.12 bits per heavy atom. The van der Waals surface area contributed by atoms with Crippen molar-refractivity contribution in [3.63, 3.8) is 0 Å². The zero-order chi connectivity index (χ0) is 16.4. The molecule has 2 aliphatic rings. The van der Waals surface area contributed by atoms with Crippen LogP contribution in [0.25, 0.3) is 0 Å². The van der Waals surface area contributed by atoms with Crippen LogP contribution >= 0.6 is 11.3 Å². The number of fused-ring (bicyclic) bond motifs is 1. The van der Waals surface area contributed by atoms with Gasteiger partial charge in [0.25, 0.3) is 0 Å². The molecule has 0 bridgehead atoms. The van der Waals surface area contributed by atoms with Crippen molar-refractivity contribution in [2.45, 2.75) is 25.8 Å². The fourth-order valence-corrected chi connectivity index (χ4v) is 4.61. The van der Waals surface area contributed by atoms with Gasteiger partial charge >= 0.3 is 0 Å². The molecule has 5 heteroatoms. The summed E-state index contributed by atoms with van der Waals surface area (Å²) in [4.78, 5) is 5.47. The van der Waals surface area contributed by atoms with Gasteiger partial charge < -0.3 is 14.8 Å². The van der Waals surface area contributed by atoms with E-state index in [0.29, 0.717) is 12.8 Å². The smallest absolute Gasteiger partial charge is 0.231 e. The van der Waals surface area contributed by atoms with Crippen molar-refractivity contribution in [2.75, 3.05) is 33.0 Å². The van der Waals surface area contributed by atoms with Gasteiger partial charge in [0, 0.05) is 29.4 Å². The van der Waals surface area contributed by atoms with Gasteiger partial charge in [-0.3, -0.25) is 4.90 Å². The van der Waals surface area contributed by atoms with Gasteiger partial charge in [-0.2, -0.15) is 0 Å². The van der Waals surface area contributed by atoms with Crippen LogP contribution in [0.1, 0.15) is 34.7 Å². The molecule has 1 N–H and O–H groups in total. The number of hydrogen-bond acceptors (Lipinski definition) is 5. The largest absolute Gasteiger partial charge is 0.454 e. The molecule has 4 rings (SSSR count). The zero-order valence-corrected chi connectivity index (χ0v) is 14.9. The normalized spacial score (nSPS) is 19.2. The highest BCUT2D eigenvalue weighted by molar-refractivity contribution is 7.12. The first-order valence-corrected chi connectivity index (χ1v) is 9.59. The Kier molecular flexibility index (Phi) is 4.74. The summed E-state index contributed by atoms with van der Waals surface area (Å²) in [5.74, 6) is 1.73. The first-order chi connectivity index (χ1) is 11.8. The Bertz CT molecular complexity index is 692. The average Bonchev–Trinajstić information content (AvgIpc) is 3.19. The highest BCUT2D eigenvalue weighted by Gasteiger charge is 2.26. The maximum absolute atomic E-state index is 5.61. The Balaban J connectivity index is 1.71. The van der Waals surface area contributed by atoms with E-state index in [0.717, 1.165) is 44.1 Å². The van der Waals surface area contributed by atoms with Crippen LogP contribution in [0.4, 0.5) is 0 Å². The number of rotatable bonds is 4. The Labute approximate surface area is 147 Å². The van der Waals surface area contributed by atoms with Gasteiger partial charge in [-0.15, -0.1) is 11.3 Å². The van der Waals surface area contributed by atoms with Crippen LogP contribution in [-0.2, 0) is 6.42 Å². The molecule has 1 atom stereocenters. The maximum atomic E-state index is 5.61. The minimum atomic E-state index is 0.296. The van der Waals surface area contributed by atoms with Gasteiger partial charge in [0.2, 0.25) is 6.79 Å². The van der Waals surface area contributed by atoms with Gasteiger partial charge in [-0.25, -0.2) is 0 Å². The van der Waals surface area contributed by atoms with Gasteiger partial charge in [0.1, 0.15) is 0 Å². The summed E-state index contributed by atoms with van der Waals surface area (Å²) in [6.07, 6.45) is 2.28. The van der Waals surface area contributed by atoms with E-state index in [9.17, 15) is 0 Å². The fourth-order valence-electron chi connectivity index (χ4n) is 3.49. The summed E-state index contributed by atoms with van der Waals surface area (Å²) in [7, 11) is 0. The molecule has 4 nitrogen and oxygen atoms in total. The van der Waals surface area contributed by atoms with Gasteiger partial charge in [0.15, 0.2) is 11.5 Å². The maximum Gasteiger partial charge on any atom is 0.231 e. The second-order valence-electron chi connectivity index (χ2n) is 6.31. The van der Waals surface area contributed by atoms with Crippen molar-refractivity contribution in [3.05, 3.63) is 45.6 Å². The predicted octanol–water partition coefficient (Wildman–Crippen LogP) is 3.42. The van der Waals surface area contributed by atoms with Crippen LogP contribution in [0.5, 0.6) is 11.5 Å². The number of aryl methyl sites for hydroxylation is 1. The number of ether oxygens (including phenoxy) is 2. The monoisotopic (exact) mass is 344 g/mol. The lowest BCUT2D eigenvalue weighted by molar-refractivity contribution is 0.174. The third-order valence-corrected chi connectivity index (χ3v) is 6.03. The van der Waals surface area contributed by atoms with Crippen molar-refractivity contribution in [1.29, 1.82) is 0 Å². The van der Waals surface area contributed by atoms with Gasteiger partial charge in [0.05, 0.1) is 6.04 Å². The molecular formula is C19H24N2O2S. The molecule has 1 aromatic carbocycles. The number of nitrogens with zero attached hydrogens (tertiary/aromatic N) is 1. The minimum absolute atomic E-state index is 0.296. The molecule has 0 amide bonds. The Hall–Kier alpha value is -1.56. The van der Waals surface area contributed by atoms with Crippen molar-refractivity contribution in [2.24, 2.45) is 0 Å². The SMILES string of the molecule is CCc1ccc(C(c2ccc3c(c2)OCO3)N2CCCNCC2)s1. The van der Waals surface area contributed by atoms with E-state index in [1.807, 2.05) is 11.3 Å². The van der Waals surface area contributed by atoms with E-state index in [4.69, 9.17) is 9.47 Å². The lowest BCUT2D eigenvalue weighted by atomic mass is 10.0. The number of benzene rings is 1. The topological polar surface area (TPSA) is 33.7 Å². The second-order valence-corrected chi connectivity index (χ2v) is 7.51. The van der Waals surface area contributed by atoms with E-state index < -0.39 is 0 Å². The molecule has 24 heavy (non-hydrogen) atoms. The summed E-state index contributed by atoms with van der Waals surface area (Å²) in [5.41, 5.74) is 1.30. The highest BCUT2D eigenvalue weighted by atomic mass is 32.1. The van der Waals surface area contributed by atoms with Crippen LogP contribution in [0.15, 0.2) is 30.3 Å². The standard InChI is InChI=1S/C19H24N2O2S/c1-2-15-5-7-18(24-15)19(21-10-3-8-20-9-11-21)14-4-6-16-17(12-14)23-13-22-16/h4-7,12,19-20H,2-3,8-11,13H2,1H3. The number of hydrogen-bond donors (Lipinski definition) is 1. The molecule has 1 unspecified atom stereocenters. The molecule has 0 spiro atoms. The molecule has 2 aromatic rings. The van der Waals surface area contributed by atoms with Crippen LogP contribution in [0, 0.1) is 0 Å². The van der Waals surface area contributed by atoms with Crippen LogP contribution in [0.3, 0.4) is 0 Å². The van der Waals surface area contributed by atoms with Crippen molar-refractivity contribution < 1.29 is 9.47 Å². The van der Waals surface area contributed by atoms with Crippen molar-refractivity contribution in [3.8, 4) is 11.5 Å².